The van der Waals surface area contributed by atoms with E-state index in [0.29, 0.717) is 34.8 Å². The van der Waals surface area contributed by atoms with Gasteiger partial charge in [0.25, 0.3) is 0 Å². The summed E-state index contributed by atoms with van der Waals surface area (Å²) in [6.07, 6.45) is 18.3. The molecule has 2 aliphatic carbocycles. The standard InChI is InChI=1S/C44H50N4O5S2/c1-54(49,50)37-15-11-33(12-16-37)39(21-29-7-3-4-8-29)41-23-35-19-31(25-45-43(35)47-41)27-53-28-32-20-36-24-42(48-44(36)46-26-32)40(22-30-9-5-6-10-30)34-13-17-38(18-14-34)55(2,51)52/h11-20,23-26,29-30,39-40H,3-10,21-22,27-28H2,1-2H3,(H,45,47)(H,46,48). The molecule has 2 N–H and O–H groups in total. The van der Waals surface area contributed by atoms with Gasteiger partial charge in [-0.3, -0.25) is 0 Å². The number of aromatic nitrogens is 4. The first-order valence-corrected chi connectivity index (χ1v) is 23.4. The molecule has 2 saturated carbocycles. The molecule has 4 aromatic heterocycles. The first kappa shape index (κ1) is 37.6. The van der Waals surface area contributed by atoms with Crippen LogP contribution in [-0.4, -0.2) is 49.3 Å². The van der Waals surface area contributed by atoms with Crippen molar-refractivity contribution in [2.24, 2.45) is 11.8 Å². The van der Waals surface area contributed by atoms with Gasteiger partial charge in [-0.15, -0.1) is 0 Å². The van der Waals surface area contributed by atoms with Gasteiger partial charge >= 0.3 is 0 Å². The van der Waals surface area contributed by atoms with Crippen LogP contribution in [0.1, 0.15) is 110 Å². The molecule has 2 fully saturated rings. The molecular weight excluding hydrogens is 729 g/mol. The Hall–Kier alpha value is -4.32. The molecule has 11 heteroatoms. The summed E-state index contributed by atoms with van der Waals surface area (Å²) >= 11 is 0. The lowest BCUT2D eigenvalue weighted by Gasteiger charge is -2.20. The molecule has 0 saturated heterocycles. The van der Waals surface area contributed by atoms with Crippen LogP contribution in [0.25, 0.3) is 22.1 Å². The summed E-state index contributed by atoms with van der Waals surface area (Å²) < 4.78 is 54.7. The highest BCUT2D eigenvalue weighted by atomic mass is 32.2. The summed E-state index contributed by atoms with van der Waals surface area (Å²) in [5.74, 6) is 1.55. The van der Waals surface area contributed by atoms with Gasteiger partial charge in [-0.1, -0.05) is 75.6 Å². The molecule has 2 aromatic carbocycles. The van der Waals surface area contributed by atoms with Crippen molar-refractivity contribution in [3.63, 3.8) is 0 Å². The third kappa shape index (κ3) is 8.74. The molecule has 0 radical (unpaired) electrons. The quantitative estimate of drug-likeness (QED) is 0.113. The van der Waals surface area contributed by atoms with E-state index in [4.69, 9.17) is 14.7 Å². The fraction of sp³-hybridized carbons (Fsp3) is 0.409. The van der Waals surface area contributed by atoms with E-state index in [9.17, 15) is 16.8 Å². The zero-order valence-corrected chi connectivity index (χ0v) is 33.3. The molecule has 0 amide bonds. The minimum atomic E-state index is -3.26. The summed E-state index contributed by atoms with van der Waals surface area (Å²) in [5, 5.41) is 2.06. The average Bonchev–Trinajstić information content (AvgIpc) is 4.00. The summed E-state index contributed by atoms with van der Waals surface area (Å²) in [5.41, 5.74) is 8.05. The van der Waals surface area contributed by atoms with Crippen LogP contribution in [0.2, 0.25) is 0 Å². The van der Waals surface area contributed by atoms with Crippen LogP contribution < -0.4 is 0 Å². The monoisotopic (exact) mass is 778 g/mol. The van der Waals surface area contributed by atoms with Crippen LogP contribution in [0.3, 0.4) is 0 Å². The smallest absolute Gasteiger partial charge is 0.175 e. The number of benzene rings is 2. The van der Waals surface area contributed by atoms with Gasteiger partial charge in [0.05, 0.1) is 23.0 Å². The Labute approximate surface area is 324 Å². The Kier molecular flexibility index (Phi) is 10.7. The maximum absolute atomic E-state index is 12.1. The molecule has 4 heterocycles. The summed E-state index contributed by atoms with van der Waals surface area (Å²) in [6, 6.07) is 23.4. The maximum atomic E-state index is 12.1. The van der Waals surface area contributed by atoms with Crippen LogP contribution in [0, 0.1) is 11.8 Å². The van der Waals surface area contributed by atoms with Crippen LogP contribution in [0.4, 0.5) is 0 Å². The van der Waals surface area contributed by atoms with E-state index in [2.05, 4.69) is 34.2 Å². The number of nitrogens with zero attached hydrogens (tertiary/aromatic N) is 2. The Bertz CT molecular complexity index is 2320. The highest BCUT2D eigenvalue weighted by molar-refractivity contribution is 7.91. The molecule has 8 rings (SSSR count). The molecule has 0 aliphatic heterocycles. The number of pyridine rings is 2. The lowest BCUT2D eigenvalue weighted by molar-refractivity contribution is 0.107. The van der Waals surface area contributed by atoms with E-state index in [0.717, 1.165) is 68.6 Å². The third-order valence-electron chi connectivity index (χ3n) is 11.9. The van der Waals surface area contributed by atoms with Crippen LogP contribution >= 0.6 is 0 Å². The van der Waals surface area contributed by atoms with Crippen molar-refractivity contribution in [1.82, 2.24) is 19.9 Å². The first-order chi connectivity index (χ1) is 26.5. The number of ether oxygens (including phenoxy) is 1. The summed E-state index contributed by atoms with van der Waals surface area (Å²) in [4.78, 5) is 17.4. The van der Waals surface area contributed by atoms with Crippen molar-refractivity contribution in [3.8, 4) is 0 Å². The van der Waals surface area contributed by atoms with Crippen LogP contribution in [0.15, 0.2) is 95.0 Å². The zero-order valence-electron chi connectivity index (χ0n) is 31.6. The lowest BCUT2D eigenvalue weighted by atomic mass is 9.85. The van der Waals surface area contributed by atoms with Gasteiger partial charge in [-0.2, -0.15) is 0 Å². The molecule has 9 nitrogen and oxygen atoms in total. The molecular formula is C44H50N4O5S2. The topological polar surface area (TPSA) is 135 Å². The number of sulfone groups is 2. The number of fused-ring (bicyclic) bond motifs is 2. The fourth-order valence-electron chi connectivity index (χ4n) is 8.92. The van der Waals surface area contributed by atoms with Crippen LogP contribution in [-0.2, 0) is 37.6 Å². The van der Waals surface area contributed by atoms with E-state index in [-0.39, 0.29) is 11.8 Å². The molecule has 6 aromatic rings. The van der Waals surface area contributed by atoms with Crippen molar-refractivity contribution in [3.05, 3.63) is 119 Å². The molecule has 2 atom stereocenters. The normalized spacial score (nSPS) is 17.1. The van der Waals surface area contributed by atoms with Crippen molar-refractivity contribution in [1.29, 1.82) is 0 Å². The molecule has 0 spiro atoms. The second-order valence-corrected chi connectivity index (χ2v) is 20.1. The maximum Gasteiger partial charge on any atom is 0.175 e. The second kappa shape index (κ2) is 15.7. The number of rotatable bonds is 14. The zero-order chi connectivity index (χ0) is 38.2. The molecule has 2 aliphatic rings. The SMILES string of the molecule is CS(=O)(=O)c1ccc(C(CC2CCCC2)c2cc3cc(COCc4cnc5[nH]c(C(CC6CCCC6)c6ccc(S(C)(=O)=O)cc6)cc5c4)cnc3[nH]2)cc1. The van der Waals surface area contributed by atoms with Gasteiger partial charge in [-0.25, -0.2) is 26.8 Å². The van der Waals surface area contributed by atoms with Gasteiger partial charge in [0.1, 0.15) is 11.3 Å². The number of hydrogen-bond donors (Lipinski definition) is 2. The number of H-pyrrole nitrogens is 2. The Morgan fingerprint density at radius 3 is 1.35 bits per heavy atom. The first-order valence-electron chi connectivity index (χ1n) is 19.6. The molecule has 55 heavy (non-hydrogen) atoms. The van der Waals surface area contributed by atoms with Crippen molar-refractivity contribution >= 4 is 41.7 Å². The van der Waals surface area contributed by atoms with Crippen LogP contribution in [0.5, 0.6) is 0 Å². The number of aromatic amines is 2. The second-order valence-electron chi connectivity index (χ2n) is 16.1. The van der Waals surface area contributed by atoms with Gasteiger partial charge in [0.2, 0.25) is 0 Å². The molecule has 2 unspecified atom stereocenters. The third-order valence-corrected chi connectivity index (χ3v) is 14.1. The minimum absolute atomic E-state index is 0.125. The fourth-order valence-corrected chi connectivity index (χ4v) is 10.2. The predicted octanol–water partition coefficient (Wildman–Crippen LogP) is 9.39. The van der Waals surface area contributed by atoms with E-state index < -0.39 is 19.7 Å². The van der Waals surface area contributed by atoms with Crippen molar-refractivity contribution in [2.45, 2.75) is 99.0 Å². The molecule has 0 bridgehead atoms. The Balaban J connectivity index is 0.963. The van der Waals surface area contributed by atoms with Gasteiger partial charge < -0.3 is 14.7 Å². The van der Waals surface area contributed by atoms with E-state index in [1.54, 1.807) is 24.3 Å². The van der Waals surface area contributed by atoms with E-state index >= 15 is 0 Å². The van der Waals surface area contributed by atoms with Gasteiger partial charge in [0, 0.05) is 58.9 Å². The Morgan fingerprint density at radius 1 is 0.600 bits per heavy atom. The number of nitrogens with one attached hydrogen (secondary N) is 2. The molecule has 288 valence electrons. The average molecular weight is 779 g/mol. The minimum Gasteiger partial charge on any atom is -0.372 e. The largest absolute Gasteiger partial charge is 0.372 e. The highest BCUT2D eigenvalue weighted by Crippen LogP contribution is 2.40. The van der Waals surface area contributed by atoms with E-state index in [1.807, 2.05) is 36.7 Å². The van der Waals surface area contributed by atoms with E-state index in [1.165, 1.54) is 63.9 Å². The number of hydrogen-bond acceptors (Lipinski definition) is 7. The van der Waals surface area contributed by atoms with Crippen molar-refractivity contribution < 1.29 is 21.6 Å². The van der Waals surface area contributed by atoms with Crippen molar-refractivity contribution in [2.75, 3.05) is 12.5 Å². The predicted molar refractivity (Wildman–Crippen MR) is 217 cm³/mol. The van der Waals surface area contributed by atoms with Gasteiger partial charge in [0.15, 0.2) is 19.7 Å². The summed E-state index contributed by atoms with van der Waals surface area (Å²) in [6.45, 7) is 0.816. The lowest BCUT2D eigenvalue weighted by Crippen LogP contribution is -2.08. The Morgan fingerprint density at radius 2 is 0.982 bits per heavy atom. The van der Waals surface area contributed by atoms with Gasteiger partial charge in [-0.05, 0) is 95.5 Å². The summed E-state index contributed by atoms with van der Waals surface area (Å²) in [7, 11) is -6.53. The highest BCUT2D eigenvalue weighted by Gasteiger charge is 2.26.